The topological polar surface area (TPSA) is 104 Å². The predicted octanol–water partition coefficient (Wildman–Crippen LogP) is 4.61. The van der Waals surface area contributed by atoms with Crippen molar-refractivity contribution in [1.82, 2.24) is 14.8 Å². The molecule has 3 aromatic rings. The van der Waals surface area contributed by atoms with Gasteiger partial charge in [0.25, 0.3) is 0 Å². The molecule has 1 fully saturated rings. The number of benzene rings is 1. The van der Waals surface area contributed by atoms with Crippen LogP contribution in [0.1, 0.15) is 74.9 Å². The van der Waals surface area contributed by atoms with Crippen molar-refractivity contribution < 1.29 is 20.1 Å². The zero-order valence-electron chi connectivity index (χ0n) is 21.6. The van der Waals surface area contributed by atoms with Gasteiger partial charge < -0.3 is 25.0 Å². The van der Waals surface area contributed by atoms with Crippen molar-refractivity contribution in [3.63, 3.8) is 0 Å². The molecule has 2 aromatic heterocycles. The molecule has 1 aliphatic carbocycles. The van der Waals surface area contributed by atoms with E-state index in [1.165, 1.54) is 16.0 Å². The number of aliphatic hydroxyl groups excluding tert-OH is 2. The minimum Gasteiger partial charge on any atom is -0.493 e. The molecule has 0 amide bonds. The van der Waals surface area contributed by atoms with Gasteiger partial charge >= 0.3 is 0 Å². The number of aromatic hydroxyl groups is 1. The van der Waals surface area contributed by atoms with Crippen LogP contribution in [-0.4, -0.2) is 62.0 Å². The number of thiazole rings is 1. The first-order chi connectivity index (χ1) is 17.5. The second-order valence-electron chi connectivity index (χ2n) is 9.25. The average Bonchev–Trinajstić information content (AvgIpc) is 3.42. The molecule has 3 N–H and O–H groups in total. The number of anilines is 1. The lowest BCUT2D eigenvalue weighted by atomic mass is 9.65. The van der Waals surface area contributed by atoms with E-state index in [9.17, 15) is 15.3 Å². The van der Waals surface area contributed by atoms with Crippen molar-refractivity contribution >= 4 is 16.5 Å². The summed E-state index contributed by atoms with van der Waals surface area (Å²) in [5.41, 5.74) is 1.96. The molecule has 0 radical (unpaired) electrons. The van der Waals surface area contributed by atoms with Gasteiger partial charge in [0.1, 0.15) is 0 Å². The van der Waals surface area contributed by atoms with Gasteiger partial charge in [-0.2, -0.15) is 10.1 Å². The van der Waals surface area contributed by atoms with Crippen LogP contribution in [0.15, 0.2) is 30.3 Å². The molecule has 1 saturated carbocycles. The zero-order chi connectivity index (χ0) is 25.8. The van der Waals surface area contributed by atoms with Gasteiger partial charge in [0.05, 0.1) is 41.0 Å². The summed E-state index contributed by atoms with van der Waals surface area (Å²) in [6, 6.07) is 9.42. The second-order valence-corrected chi connectivity index (χ2v) is 10.3. The Morgan fingerprint density at radius 3 is 2.31 bits per heavy atom. The van der Waals surface area contributed by atoms with E-state index in [1.807, 2.05) is 37.3 Å². The van der Waals surface area contributed by atoms with Crippen LogP contribution in [0.5, 0.6) is 11.8 Å². The smallest absolute Gasteiger partial charge is 0.230 e. The Bertz CT molecular complexity index is 1120. The van der Waals surface area contributed by atoms with Gasteiger partial charge in [-0.05, 0) is 38.8 Å². The van der Waals surface area contributed by atoms with Crippen molar-refractivity contribution in [2.24, 2.45) is 0 Å². The second kappa shape index (κ2) is 11.6. The lowest BCUT2D eigenvalue weighted by molar-refractivity contribution is -0.0790. The van der Waals surface area contributed by atoms with Crippen LogP contribution in [0, 0.1) is 0 Å². The van der Waals surface area contributed by atoms with Gasteiger partial charge in [-0.25, -0.2) is 4.68 Å². The third-order valence-corrected chi connectivity index (χ3v) is 8.15. The average molecular weight is 515 g/mol. The summed E-state index contributed by atoms with van der Waals surface area (Å²) in [6.45, 7) is 10.5. The van der Waals surface area contributed by atoms with E-state index in [1.54, 1.807) is 0 Å². The molecule has 196 valence electrons. The molecule has 36 heavy (non-hydrogen) atoms. The van der Waals surface area contributed by atoms with Crippen molar-refractivity contribution in [3.05, 3.63) is 46.5 Å². The maximum Gasteiger partial charge on any atom is 0.230 e. The number of ether oxygens (including phenoxy) is 1. The summed E-state index contributed by atoms with van der Waals surface area (Å²) < 4.78 is 7.52. The van der Waals surface area contributed by atoms with Crippen LogP contribution in [-0.2, 0) is 6.42 Å². The Morgan fingerprint density at radius 2 is 1.69 bits per heavy atom. The standard InChI is InChI=1S/C27H38N4O4S/c1-5-9-16-35-25-24(36-27(28-25)30(7-3)8-4)21-22(32)20(23(21)33)19-18(13-6-2)29-31(26(19)34)17-14-11-10-12-15-17/h10-12,14-15,20-23,32-34H,5-9,13,16H2,1-4H3. The van der Waals surface area contributed by atoms with E-state index in [-0.39, 0.29) is 5.88 Å². The van der Waals surface area contributed by atoms with E-state index in [2.05, 4.69) is 30.8 Å². The van der Waals surface area contributed by atoms with Gasteiger partial charge in [0.2, 0.25) is 11.8 Å². The molecule has 0 saturated heterocycles. The first-order valence-corrected chi connectivity index (χ1v) is 13.9. The molecule has 9 heteroatoms. The summed E-state index contributed by atoms with van der Waals surface area (Å²) in [4.78, 5) is 7.64. The Balaban J connectivity index is 1.68. The number of aliphatic hydroxyl groups is 2. The summed E-state index contributed by atoms with van der Waals surface area (Å²) in [7, 11) is 0. The quantitative estimate of drug-likeness (QED) is 0.303. The van der Waals surface area contributed by atoms with E-state index in [0.717, 1.165) is 48.0 Å². The summed E-state index contributed by atoms with van der Waals surface area (Å²) in [6.07, 6.45) is 1.59. The van der Waals surface area contributed by atoms with Crippen LogP contribution in [0.3, 0.4) is 0 Å². The van der Waals surface area contributed by atoms with Crippen LogP contribution in [0.25, 0.3) is 5.69 Å². The van der Waals surface area contributed by atoms with Crippen molar-refractivity contribution in [3.8, 4) is 17.4 Å². The van der Waals surface area contributed by atoms with Gasteiger partial charge in [-0.3, -0.25) is 0 Å². The van der Waals surface area contributed by atoms with Crippen molar-refractivity contribution in [2.45, 2.75) is 77.4 Å². The molecule has 0 aliphatic heterocycles. The first kappa shape index (κ1) is 26.4. The van der Waals surface area contributed by atoms with Gasteiger partial charge in [0.15, 0.2) is 5.13 Å². The predicted molar refractivity (Wildman–Crippen MR) is 143 cm³/mol. The third-order valence-electron chi connectivity index (χ3n) is 6.95. The number of aryl methyl sites for hydroxylation is 1. The van der Waals surface area contributed by atoms with Crippen molar-refractivity contribution in [2.75, 3.05) is 24.6 Å². The number of rotatable bonds is 12. The molecule has 8 nitrogen and oxygen atoms in total. The van der Waals surface area contributed by atoms with Crippen LogP contribution in [0.2, 0.25) is 0 Å². The monoisotopic (exact) mass is 514 g/mol. The normalized spacial score (nSPS) is 21.4. The molecule has 2 atom stereocenters. The van der Waals surface area contributed by atoms with Crippen molar-refractivity contribution in [1.29, 1.82) is 0 Å². The van der Waals surface area contributed by atoms with E-state index in [4.69, 9.17) is 9.72 Å². The summed E-state index contributed by atoms with van der Waals surface area (Å²) in [5, 5.41) is 39.5. The fourth-order valence-corrected chi connectivity index (χ4v) is 6.22. The van der Waals surface area contributed by atoms with Gasteiger partial charge in [-0.15, -0.1) is 0 Å². The van der Waals surface area contributed by atoms with Crippen LogP contribution >= 0.6 is 11.3 Å². The molecular formula is C27H38N4O4S. The molecule has 0 spiro atoms. The molecule has 1 aromatic carbocycles. The molecular weight excluding hydrogens is 476 g/mol. The number of hydrogen-bond donors (Lipinski definition) is 3. The third kappa shape index (κ3) is 4.84. The molecule has 0 bridgehead atoms. The number of aromatic nitrogens is 3. The summed E-state index contributed by atoms with van der Waals surface area (Å²) in [5.74, 6) is -0.715. The molecule has 1 aliphatic rings. The van der Waals surface area contributed by atoms with Crippen LogP contribution in [0.4, 0.5) is 5.13 Å². The molecule has 2 heterocycles. The molecule has 4 rings (SSSR count). The largest absolute Gasteiger partial charge is 0.493 e. The SMILES string of the molecule is CCCCOc1nc(N(CC)CC)sc1C1C(O)C(c2c(CCC)nn(-c3ccccc3)c2O)C1O. The Labute approximate surface area is 217 Å². The summed E-state index contributed by atoms with van der Waals surface area (Å²) >= 11 is 1.47. The fraction of sp³-hybridized carbons (Fsp3) is 0.556. The number of para-hydroxylation sites is 1. The maximum absolute atomic E-state index is 11.4. The minimum absolute atomic E-state index is 0.0289. The number of nitrogens with zero attached hydrogens (tertiary/aromatic N) is 4. The Kier molecular flexibility index (Phi) is 8.54. The lowest BCUT2D eigenvalue weighted by Crippen LogP contribution is -2.51. The number of hydrogen-bond acceptors (Lipinski definition) is 8. The highest BCUT2D eigenvalue weighted by molar-refractivity contribution is 7.16. The highest BCUT2D eigenvalue weighted by Gasteiger charge is 2.55. The van der Waals surface area contributed by atoms with E-state index < -0.39 is 24.0 Å². The minimum atomic E-state index is -0.895. The maximum atomic E-state index is 11.4. The molecule has 2 unspecified atom stereocenters. The number of unbranched alkanes of at least 4 members (excludes halogenated alkanes) is 1. The lowest BCUT2D eigenvalue weighted by Gasteiger charge is -2.46. The van der Waals surface area contributed by atoms with Crippen LogP contribution < -0.4 is 9.64 Å². The fourth-order valence-electron chi connectivity index (χ4n) is 4.90. The van der Waals surface area contributed by atoms with Gasteiger partial charge in [0, 0.05) is 24.6 Å². The Hall–Kier alpha value is -2.62. The zero-order valence-corrected chi connectivity index (χ0v) is 22.4. The highest BCUT2D eigenvalue weighted by Crippen LogP contribution is 2.55. The van der Waals surface area contributed by atoms with Gasteiger partial charge in [-0.1, -0.05) is 56.2 Å². The van der Waals surface area contributed by atoms with E-state index in [0.29, 0.717) is 30.2 Å². The first-order valence-electron chi connectivity index (χ1n) is 13.1. The Morgan fingerprint density at radius 1 is 1.00 bits per heavy atom. The van der Waals surface area contributed by atoms with E-state index >= 15 is 0 Å². The highest BCUT2D eigenvalue weighted by atomic mass is 32.1.